The number of hydrogen-bond donors (Lipinski definition) is 1. The van der Waals surface area contributed by atoms with Gasteiger partial charge in [0.15, 0.2) is 0 Å². The summed E-state index contributed by atoms with van der Waals surface area (Å²) < 4.78 is 2.31. The maximum atomic E-state index is 11.9. The van der Waals surface area contributed by atoms with E-state index in [1.54, 1.807) is 22.7 Å². The molecule has 2 heterocycles. The van der Waals surface area contributed by atoms with Gasteiger partial charge in [-0.25, -0.2) is 4.98 Å². The van der Waals surface area contributed by atoms with Crippen molar-refractivity contribution in [3.8, 4) is 0 Å². The number of carbonyl (C=O) groups excluding carboxylic acids is 1. The molecule has 1 amide bonds. The molecule has 0 unspecified atom stereocenters. The molecular weight excluding hydrogens is 380 g/mol. The van der Waals surface area contributed by atoms with E-state index in [1.165, 1.54) is 9.58 Å². The second-order valence-electron chi connectivity index (χ2n) is 4.88. The van der Waals surface area contributed by atoms with E-state index in [9.17, 15) is 4.79 Å². The van der Waals surface area contributed by atoms with Crippen molar-refractivity contribution in [3.63, 3.8) is 0 Å². The monoisotopic (exact) mass is 394 g/mol. The van der Waals surface area contributed by atoms with Crippen LogP contribution in [0.5, 0.6) is 0 Å². The highest BCUT2D eigenvalue weighted by molar-refractivity contribution is 9.11. The molecule has 0 saturated carbocycles. The normalized spacial score (nSPS) is 11.0. The molecule has 3 nitrogen and oxygen atoms in total. The number of para-hydroxylation sites is 1. The van der Waals surface area contributed by atoms with E-state index in [-0.39, 0.29) is 5.91 Å². The van der Waals surface area contributed by atoms with Crippen molar-refractivity contribution in [2.75, 3.05) is 6.54 Å². The first-order valence-corrected chi connectivity index (χ1v) is 9.49. The van der Waals surface area contributed by atoms with E-state index in [4.69, 9.17) is 0 Å². The Morgan fingerprint density at radius 2 is 2.00 bits per heavy atom. The zero-order valence-corrected chi connectivity index (χ0v) is 15.1. The lowest BCUT2D eigenvalue weighted by Crippen LogP contribution is -2.25. The number of fused-ring (bicyclic) bond motifs is 1. The number of thiophene rings is 1. The summed E-state index contributed by atoms with van der Waals surface area (Å²) in [5.41, 5.74) is 1.02. The second kappa shape index (κ2) is 7.35. The third-order valence-corrected chi connectivity index (χ3v) is 6.01. The summed E-state index contributed by atoms with van der Waals surface area (Å²) in [5, 5.41) is 4.00. The average Bonchev–Trinajstić information content (AvgIpc) is 3.11. The standard InChI is InChI=1S/C16H15BrN2OS2/c17-14-6-5-11(21-14)9-10-18-15(20)7-8-16-19-12-3-1-2-4-13(12)22-16/h1-6H,7-10H2,(H,18,20). The van der Waals surface area contributed by atoms with E-state index in [1.807, 2.05) is 24.3 Å². The Kier molecular flexibility index (Phi) is 5.23. The van der Waals surface area contributed by atoms with Crippen molar-refractivity contribution in [1.82, 2.24) is 10.3 Å². The molecule has 1 aromatic carbocycles. The maximum absolute atomic E-state index is 11.9. The fraction of sp³-hybridized carbons (Fsp3) is 0.250. The first-order valence-electron chi connectivity index (χ1n) is 7.06. The molecule has 114 valence electrons. The number of aromatic nitrogens is 1. The Morgan fingerprint density at radius 1 is 1.14 bits per heavy atom. The van der Waals surface area contributed by atoms with Crippen molar-refractivity contribution in [2.45, 2.75) is 19.3 Å². The Morgan fingerprint density at radius 3 is 2.77 bits per heavy atom. The lowest BCUT2D eigenvalue weighted by atomic mass is 10.3. The van der Waals surface area contributed by atoms with Gasteiger partial charge < -0.3 is 5.32 Å². The van der Waals surface area contributed by atoms with Gasteiger partial charge in [-0.1, -0.05) is 12.1 Å². The molecule has 0 aliphatic rings. The highest BCUT2D eigenvalue weighted by Gasteiger charge is 2.07. The van der Waals surface area contributed by atoms with Gasteiger partial charge >= 0.3 is 0 Å². The minimum Gasteiger partial charge on any atom is -0.356 e. The van der Waals surface area contributed by atoms with Gasteiger partial charge in [0.05, 0.1) is 19.0 Å². The van der Waals surface area contributed by atoms with Gasteiger partial charge in [0.1, 0.15) is 0 Å². The van der Waals surface area contributed by atoms with E-state index in [0.29, 0.717) is 19.4 Å². The summed E-state index contributed by atoms with van der Waals surface area (Å²) in [6.45, 7) is 0.686. The minimum absolute atomic E-state index is 0.0925. The van der Waals surface area contributed by atoms with Crippen LogP contribution in [-0.4, -0.2) is 17.4 Å². The first kappa shape index (κ1) is 15.6. The Bertz CT molecular complexity index is 748. The van der Waals surface area contributed by atoms with Crippen LogP contribution in [0, 0.1) is 0 Å². The van der Waals surface area contributed by atoms with Gasteiger partial charge in [0.2, 0.25) is 5.91 Å². The molecular formula is C16H15BrN2OS2. The molecule has 3 rings (SSSR count). The topological polar surface area (TPSA) is 42.0 Å². The summed E-state index contributed by atoms with van der Waals surface area (Å²) >= 11 is 6.82. The van der Waals surface area contributed by atoms with Crippen molar-refractivity contribution >= 4 is 54.7 Å². The van der Waals surface area contributed by atoms with E-state index in [0.717, 1.165) is 20.7 Å². The van der Waals surface area contributed by atoms with Crippen LogP contribution in [-0.2, 0) is 17.6 Å². The van der Waals surface area contributed by atoms with Crippen molar-refractivity contribution in [2.24, 2.45) is 0 Å². The summed E-state index contributed by atoms with van der Waals surface area (Å²) in [4.78, 5) is 17.7. The number of benzene rings is 1. The second-order valence-corrected chi connectivity index (χ2v) is 8.54. The molecule has 1 N–H and O–H groups in total. The van der Waals surface area contributed by atoms with Gasteiger partial charge in [-0.15, -0.1) is 22.7 Å². The Labute approximate surface area is 145 Å². The van der Waals surface area contributed by atoms with Gasteiger partial charge in [0, 0.05) is 24.3 Å². The van der Waals surface area contributed by atoms with E-state index >= 15 is 0 Å². The number of thiazole rings is 1. The SMILES string of the molecule is O=C(CCc1nc2ccccc2s1)NCCc1ccc(Br)s1. The maximum Gasteiger partial charge on any atom is 0.220 e. The smallest absolute Gasteiger partial charge is 0.220 e. The zero-order chi connectivity index (χ0) is 15.4. The molecule has 2 aromatic heterocycles. The Balaban J connectivity index is 1.43. The lowest BCUT2D eigenvalue weighted by Gasteiger charge is -2.03. The highest BCUT2D eigenvalue weighted by atomic mass is 79.9. The summed E-state index contributed by atoms with van der Waals surface area (Å²) in [7, 11) is 0. The van der Waals surface area contributed by atoms with Gasteiger partial charge in [-0.05, 0) is 46.6 Å². The highest BCUT2D eigenvalue weighted by Crippen LogP contribution is 2.23. The molecule has 3 aromatic rings. The third kappa shape index (κ3) is 4.15. The molecule has 0 fully saturated rings. The van der Waals surface area contributed by atoms with E-state index < -0.39 is 0 Å². The van der Waals surface area contributed by atoms with Gasteiger partial charge in [-0.2, -0.15) is 0 Å². The van der Waals surface area contributed by atoms with Crippen molar-refractivity contribution < 1.29 is 4.79 Å². The van der Waals surface area contributed by atoms with Crippen LogP contribution in [0.2, 0.25) is 0 Å². The fourth-order valence-electron chi connectivity index (χ4n) is 2.15. The largest absolute Gasteiger partial charge is 0.356 e. The first-order chi connectivity index (χ1) is 10.7. The van der Waals surface area contributed by atoms with Crippen LogP contribution in [0.3, 0.4) is 0 Å². The quantitative estimate of drug-likeness (QED) is 0.672. The van der Waals surface area contributed by atoms with Crippen LogP contribution in [0.1, 0.15) is 16.3 Å². The average molecular weight is 395 g/mol. The number of nitrogens with one attached hydrogen (secondary N) is 1. The number of hydrogen-bond acceptors (Lipinski definition) is 4. The number of amides is 1. The number of nitrogens with zero attached hydrogens (tertiary/aromatic N) is 1. The van der Waals surface area contributed by atoms with Gasteiger partial charge in [-0.3, -0.25) is 4.79 Å². The predicted octanol–water partition coefficient (Wildman–Crippen LogP) is 4.41. The number of rotatable bonds is 6. The predicted molar refractivity (Wildman–Crippen MR) is 96.7 cm³/mol. The lowest BCUT2D eigenvalue weighted by molar-refractivity contribution is -0.121. The minimum atomic E-state index is 0.0925. The summed E-state index contributed by atoms with van der Waals surface area (Å²) in [6.07, 6.45) is 2.08. The van der Waals surface area contributed by atoms with Crippen LogP contribution >= 0.6 is 38.6 Å². The molecule has 0 radical (unpaired) electrons. The van der Waals surface area contributed by atoms with Crippen LogP contribution in [0.4, 0.5) is 0 Å². The van der Waals surface area contributed by atoms with Crippen molar-refractivity contribution in [1.29, 1.82) is 0 Å². The Hall–Kier alpha value is -1.24. The molecule has 0 aliphatic heterocycles. The number of carbonyl (C=O) groups is 1. The molecule has 0 aliphatic carbocycles. The van der Waals surface area contributed by atoms with Crippen LogP contribution in [0.25, 0.3) is 10.2 Å². The number of aryl methyl sites for hydroxylation is 1. The molecule has 22 heavy (non-hydrogen) atoms. The summed E-state index contributed by atoms with van der Waals surface area (Å²) in [5.74, 6) is 0.0925. The third-order valence-electron chi connectivity index (χ3n) is 3.23. The molecule has 6 heteroatoms. The molecule has 0 atom stereocenters. The van der Waals surface area contributed by atoms with E-state index in [2.05, 4.69) is 38.4 Å². The summed E-state index contributed by atoms with van der Waals surface area (Å²) in [6, 6.07) is 12.2. The molecule has 0 spiro atoms. The van der Waals surface area contributed by atoms with Gasteiger partial charge in [0.25, 0.3) is 0 Å². The molecule has 0 bridgehead atoms. The van der Waals surface area contributed by atoms with Crippen LogP contribution < -0.4 is 5.32 Å². The fourth-order valence-corrected chi connectivity index (χ4v) is 4.60. The number of halogens is 1. The zero-order valence-electron chi connectivity index (χ0n) is 11.8. The molecule has 0 saturated heterocycles. The van der Waals surface area contributed by atoms with Crippen molar-refractivity contribution in [3.05, 3.63) is 50.1 Å². The van der Waals surface area contributed by atoms with Crippen LogP contribution in [0.15, 0.2) is 40.2 Å².